The van der Waals surface area contributed by atoms with Crippen molar-refractivity contribution in [2.75, 3.05) is 18.6 Å². The number of hydrogen-bond acceptors (Lipinski definition) is 6. The second-order valence-corrected chi connectivity index (χ2v) is 9.84. The molecule has 4 N–H and O–H groups in total. The van der Waals surface area contributed by atoms with Crippen LogP contribution >= 0.6 is 11.8 Å². The molecule has 1 aliphatic heterocycles. The minimum absolute atomic E-state index is 0.0600. The van der Waals surface area contributed by atoms with E-state index in [1.54, 1.807) is 0 Å². The highest BCUT2D eigenvalue weighted by Gasteiger charge is 2.31. The highest BCUT2D eigenvalue weighted by atomic mass is 32.2. The molecule has 0 spiro atoms. The molecule has 0 aliphatic carbocycles. The highest BCUT2D eigenvalue weighted by molar-refractivity contribution is 7.98. The number of rotatable bonds is 15. The summed E-state index contributed by atoms with van der Waals surface area (Å²) in [7, 11) is 0. The third-order valence-corrected chi connectivity index (χ3v) is 6.87. The number of aliphatic carboxylic acids is 1. The Morgan fingerprint density at radius 2 is 1.94 bits per heavy atom. The van der Waals surface area contributed by atoms with Gasteiger partial charge in [-0.2, -0.15) is 11.8 Å². The first-order chi connectivity index (χ1) is 16.7. The van der Waals surface area contributed by atoms with E-state index in [2.05, 4.69) is 16.0 Å². The van der Waals surface area contributed by atoms with Crippen LogP contribution < -0.4 is 16.0 Å². The van der Waals surface area contributed by atoms with Crippen molar-refractivity contribution in [1.29, 1.82) is 0 Å². The molecule has 194 valence electrons. The number of carboxylic acids is 1. The molecule has 0 unspecified atom stereocenters. The number of carbonyl (C=O) groups excluding carboxylic acids is 3. The van der Waals surface area contributed by atoms with Crippen molar-refractivity contribution in [3.8, 4) is 0 Å². The number of thioether (sulfide) groups is 1. The number of ether oxygens (including phenoxy) is 1. The van der Waals surface area contributed by atoms with Crippen LogP contribution in [0.1, 0.15) is 45.1 Å². The second kappa shape index (κ2) is 14.7. The number of benzene rings is 1. The van der Waals surface area contributed by atoms with E-state index in [1.165, 1.54) is 11.8 Å². The number of nitrogens with one attached hydrogen (secondary N) is 3. The summed E-state index contributed by atoms with van der Waals surface area (Å²) in [5.41, 5.74) is 0.876. The summed E-state index contributed by atoms with van der Waals surface area (Å²) in [6, 6.07) is 7.41. The molecule has 2 rings (SSSR count). The van der Waals surface area contributed by atoms with Gasteiger partial charge in [0.15, 0.2) is 0 Å². The molecule has 1 aromatic rings. The summed E-state index contributed by atoms with van der Waals surface area (Å²) >= 11 is 1.51. The number of carbonyl (C=O) groups is 4. The van der Waals surface area contributed by atoms with Gasteiger partial charge in [-0.25, -0.2) is 4.79 Å². The Bertz CT molecular complexity index is 853. The van der Waals surface area contributed by atoms with Gasteiger partial charge < -0.3 is 25.8 Å². The fourth-order valence-electron chi connectivity index (χ4n) is 3.76. The van der Waals surface area contributed by atoms with Crippen molar-refractivity contribution in [3.63, 3.8) is 0 Å². The lowest BCUT2D eigenvalue weighted by Crippen LogP contribution is -2.51. The number of carboxylic acid groups (broad SMARTS) is 1. The summed E-state index contributed by atoms with van der Waals surface area (Å²) in [6.45, 7) is 4.06. The lowest BCUT2D eigenvalue weighted by atomic mass is 9.99. The Morgan fingerprint density at radius 3 is 2.51 bits per heavy atom. The Morgan fingerprint density at radius 1 is 1.23 bits per heavy atom. The van der Waals surface area contributed by atoms with Gasteiger partial charge in [0, 0.05) is 12.8 Å². The van der Waals surface area contributed by atoms with Crippen LogP contribution in [0.3, 0.4) is 0 Å². The maximum absolute atomic E-state index is 13.1. The monoisotopic (exact) mass is 507 g/mol. The fraction of sp³-hybridized carbons (Fsp3) is 0.600. The zero-order valence-corrected chi connectivity index (χ0v) is 21.4. The van der Waals surface area contributed by atoms with E-state index in [0.29, 0.717) is 25.0 Å². The smallest absolute Gasteiger partial charge is 0.326 e. The highest BCUT2D eigenvalue weighted by Crippen LogP contribution is 2.14. The zero-order chi connectivity index (χ0) is 25.8. The van der Waals surface area contributed by atoms with E-state index in [-0.39, 0.29) is 36.8 Å². The van der Waals surface area contributed by atoms with E-state index in [1.807, 2.05) is 50.4 Å². The average Bonchev–Trinajstić information content (AvgIpc) is 3.29. The molecule has 1 saturated heterocycles. The maximum Gasteiger partial charge on any atom is 0.326 e. The number of hydrogen-bond donors (Lipinski definition) is 4. The van der Waals surface area contributed by atoms with Gasteiger partial charge in [0.1, 0.15) is 18.2 Å². The van der Waals surface area contributed by atoms with Crippen molar-refractivity contribution in [2.45, 2.75) is 70.2 Å². The van der Waals surface area contributed by atoms with E-state index >= 15 is 0 Å². The summed E-state index contributed by atoms with van der Waals surface area (Å²) in [5.74, 6) is -1.34. The molecule has 5 atom stereocenters. The van der Waals surface area contributed by atoms with E-state index in [0.717, 1.165) is 12.0 Å². The van der Waals surface area contributed by atoms with Gasteiger partial charge in [-0.3, -0.25) is 14.4 Å². The largest absolute Gasteiger partial charge is 0.480 e. The maximum atomic E-state index is 13.1. The first kappa shape index (κ1) is 28.6. The van der Waals surface area contributed by atoms with Crippen molar-refractivity contribution >= 4 is 35.5 Å². The molecular weight excluding hydrogens is 470 g/mol. The summed E-state index contributed by atoms with van der Waals surface area (Å²) in [4.78, 5) is 48.9. The van der Waals surface area contributed by atoms with Gasteiger partial charge >= 0.3 is 5.97 Å². The van der Waals surface area contributed by atoms with Crippen molar-refractivity contribution in [1.82, 2.24) is 16.0 Å². The third kappa shape index (κ3) is 9.52. The lowest BCUT2D eigenvalue weighted by molar-refractivity contribution is -0.144. The Labute approximate surface area is 211 Å². The Kier molecular flexibility index (Phi) is 12.1. The molecule has 0 aromatic heterocycles. The molecule has 0 saturated carbocycles. The Balaban J connectivity index is 2.11. The first-order valence-electron chi connectivity index (χ1n) is 12.0. The first-order valence-corrected chi connectivity index (χ1v) is 13.4. The summed E-state index contributed by atoms with van der Waals surface area (Å²) < 4.78 is 6.05. The molecule has 10 heteroatoms. The van der Waals surface area contributed by atoms with E-state index < -0.39 is 30.1 Å². The zero-order valence-electron chi connectivity index (χ0n) is 20.6. The average molecular weight is 508 g/mol. The van der Waals surface area contributed by atoms with Gasteiger partial charge in [0.25, 0.3) is 0 Å². The summed E-state index contributed by atoms with van der Waals surface area (Å²) in [6.07, 6.45) is 3.07. The van der Waals surface area contributed by atoms with Gasteiger partial charge in [-0.1, -0.05) is 50.6 Å². The van der Waals surface area contributed by atoms with Crippen molar-refractivity contribution in [2.24, 2.45) is 5.92 Å². The van der Waals surface area contributed by atoms with Gasteiger partial charge in [-0.05, 0) is 36.3 Å². The van der Waals surface area contributed by atoms with Crippen LogP contribution in [0.25, 0.3) is 0 Å². The quantitative estimate of drug-likeness (QED) is 0.284. The Hall–Kier alpha value is -2.59. The van der Waals surface area contributed by atoms with Crippen molar-refractivity contribution in [3.05, 3.63) is 35.9 Å². The fourth-order valence-corrected chi connectivity index (χ4v) is 4.23. The molecule has 1 aromatic carbocycles. The second-order valence-electron chi connectivity index (χ2n) is 8.85. The molecule has 1 heterocycles. The molecule has 35 heavy (non-hydrogen) atoms. The lowest BCUT2D eigenvalue weighted by Gasteiger charge is -2.28. The molecule has 1 fully saturated rings. The predicted octanol–water partition coefficient (Wildman–Crippen LogP) is 1.75. The molecule has 1 aliphatic rings. The van der Waals surface area contributed by atoms with Crippen molar-refractivity contribution < 1.29 is 29.0 Å². The van der Waals surface area contributed by atoms with Crippen LogP contribution in [0.4, 0.5) is 0 Å². The molecule has 0 radical (unpaired) electrons. The van der Waals surface area contributed by atoms with E-state index in [4.69, 9.17) is 4.74 Å². The van der Waals surface area contributed by atoms with Crippen LogP contribution in [0.5, 0.6) is 0 Å². The predicted molar refractivity (Wildman–Crippen MR) is 135 cm³/mol. The minimum atomic E-state index is -1.09. The number of amides is 3. The normalized spacial score (nSPS) is 18.7. The molecule has 0 bridgehead atoms. The van der Waals surface area contributed by atoms with E-state index in [9.17, 15) is 24.3 Å². The topological polar surface area (TPSA) is 134 Å². The molecular formula is C25H37N3O6S. The van der Waals surface area contributed by atoms with Crippen LogP contribution in [-0.2, 0) is 30.3 Å². The third-order valence-electron chi connectivity index (χ3n) is 6.23. The van der Waals surface area contributed by atoms with Gasteiger partial charge in [-0.15, -0.1) is 0 Å². The summed E-state index contributed by atoms with van der Waals surface area (Å²) in [5, 5.41) is 17.8. The molecule has 9 nitrogen and oxygen atoms in total. The van der Waals surface area contributed by atoms with Crippen LogP contribution in [0.2, 0.25) is 0 Å². The van der Waals surface area contributed by atoms with Crippen LogP contribution in [0, 0.1) is 5.92 Å². The minimum Gasteiger partial charge on any atom is -0.480 e. The van der Waals surface area contributed by atoms with Crippen LogP contribution in [-0.4, -0.2) is 71.6 Å². The van der Waals surface area contributed by atoms with Gasteiger partial charge in [0.2, 0.25) is 17.7 Å². The SMILES string of the molecule is CC[C@H](C)[C@@H](CO[C@@H](Cc1ccccc1)C(=O)N[C@@H](CCSC)C(=O)O)NC(=O)[C@@H]1CCC(=O)N1. The van der Waals surface area contributed by atoms with Crippen LogP contribution in [0.15, 0.2) is 30.3 Å². The van der Waals surface area contributed by atoms with Gasteiger partial charge in [0.05, 0.1) is 12.6 Å². The standard InChI is InChI=1S/C25H37N3O6S/c1-4-16(2)20(28-23(30)18-10-11-22(29)26-18)15-34-21(14-17-8-6-5-7-9-17)24(31)27-19(25(32)33)12-13-35-3/h5-9,16,18-21H,4,10-15H2,1-3H3,(H,26,29)(H,27,31)(H,28,30)(H,32,33)/t16-,18-,19-,20+,21-/m0/s1. The molecule has 3 amide bonds.